The quantitative estimate of drug-likeness (QED) is 0.681. The first-order chi connectivity index (χ1) is 6.11. The highest BCUT2D eigenvalue weighted by Crippen LogP contribution is 2.30. The second kappa shape index (κ2) is 4.61. The lowest BCUT2D eigenvalue weighted by molar-refractivity contribution is -0.117. The number of hydrogen-bond acceptors (Lipinski definition) is 2. The third-order valence-electron chi connectivity index (χ3n) is 3.24. The van der Waals surface area contributed by atoms with Crippen molar-refractivity contribution in [2.45, 2.75) is 39.2 Å². The van der Waals surface area contributed by atoms with Crippen LogP contribution in [0.25, 0.3) is 0 Å². The molecule has 1 rings (SSSR count). The molecule has 0 heterocycles. The van der Waals surface area contributed by atoms with Crippen molar-refractivity contribution in [3.8, 4) is 0 Å². The largest absolute Gasteiger partial charge is 0.370 e. The highest BCUT2D eigenvalue weighted by atomic mass is 16.1. The molecule has 0 aliphatic heterocycles. The second-order valence-corrected chi connectivity index (χ2v) is 4.19. The first-order valence-electron chi connectivity index (χ1n) is 5.13. The van der Waals surface area contributed by atoms with Crippen molar-refractivity contribution in [2.24, 2.45) is 17.6 Å². The van der Waals surface area contributed by atoms with Gasteiger partial charge in [0.05, 0.1) is 0 Å². The zero-order chi connectivity index (χ0) is 9.84. The molecule has 0 spiro atoms. The van der Waals surface area contributed by atoms with E-state index in [1.807, 2.05) is 0 Å². The molecule has 1 fully saturated rings. The third-order valence-corrected chi connectivity index (χ3v) is 3.24. The average Bonchev–Trinajstić information content (AvgIpc) is 2.35. The predicted octanol–water partition coefficient (Wildman–Crippen LogP) is 0.886. The SMILES string of the molecule is CC1CCC(NCCC(N)=O)C1C. The van der Waals surface area contributed by atoms with Gasteiger partial charge in [0, 0.05) is 19.0 Å². The second-order valence-electron chi connectivity index (χ2n) is 4.19. The molecule has 3 atom stereocenters. The monoisotopic (exact) mass is 184 g/mol. The number of primary amides is 1. The van der Waals surface area contributed by atoms with Gasteiger partial charge in [-0.3, -0.25) is 4.79 Å². The van der Waals surface area contributed by atoms with Gasteiger partial charge in [0.15, 0.2) is 0 Å². The number of nitrogens with one attached hydrogen (secondary N) is 1. The topological polar surface area (TPSA) is 55.1 Å². The maximum atomic E-state index is 10.5. The smallest absolute Gasteiger partial charge is 0.218 e. The van der Waals surface area contributed by atoms with Crippen molar-refractivity contribution in [1.82, 2.24) is 5.32 Å². The van der Waals surface area contributed by atoms with Crippen LogP contribution in [0.5, 0.6) is 0 Å². The summed E-state index contributed by atoms with van der Waals surface area (Å²) in [6, 6.07) is 0.592. The van der Waals surface area contributed by atoms with E-state index in [2.05, 4.69) is 19.2 Å². The maximum absolute atomic E-state index is 10.5. The summed E-state index contributed by atoms with van der Waals surface area (Å²) in [5, 5.41) is 3.39. The summed E-state index contributed by atoms with van der Waals surface area (Å²) in [4.78, 5) is 10.5. The molecule has 3 N–H and O–H groups in total. The standard InChI is InChI=1S/C10H20N2O/c1-7-3-4-9(8(7)2)12-6-5-10(11)13/h7-9,12H,3-6H2,1-2H3,(H2,11,13). The first-order valence-corrected chi connectivity index (χ1v) is 5.13. The Hall–Kier alpha value is -0.570. The molecule has 3 heteroatoms. The van der Waals surface area contributed by atoms with Crippen LogP contribution in [0.3, 0.4) is 0 Å². The average molecular weight is 184 g/mol. The Bertz CT molecular complexity index is 182. The van der Waals surface area contributed by atoms with Crippen LogP contribution < -0.4 is 11.1 Å². The number of hydrogen-bond donors (Lipinski definition) is 2. The Kier molecular flexibility index (Phi) is 3.72. The van der Waals surface area contributed by atoms with Gasteiger partial charge < -0.3 is 11.1 Å². The van der Waals surface area contributed by atoms with Crippen molar-refractivity contribution in [2.75, 3.05) is 6.54 Å². The van der Waals surface area contributed by atoms with E-state index in [9.17, 15) is 4.79 Å². The Morgan fingerprint density at radius 3 is 2.62 bits per heavy atom. The van der Waals surface area contributed by atoms with Crippen LogP contribution in [0, 0.1) is 11.8 Å². The minimum atomic E-state index is -0.216. The predicted molar refractivity (Wildman–Crippen MR) is 53.2 cm³/mol. The molecule has 0 bridgehead atoms. The minimum Gasteiger partial charge on any atom is -0.370 e. The number of amides is 1. The Labute approximate surface area is 80.1 Å². The zero-order valence-corrected chi connectivity index (χ0v) is 8.55. The number of nitrogens with two attached hydrogens (primary N) is 1. The summed E-state index contributed by atoms with van der Waals surface area (Å²) in [7, 11) is 0. The van der Waals surface area contributed by atoms with Crippen LogP contribution in [0.4, 0.5) is 0 Å². The molecular weight excluding hydrogens is 164 g/mol. The van der Waals surface area contributed by atoms with E-state index in [0.717, 1.165) is 18.4 Å². The van der Waals surface area contributed by atoms with Crippen molar-refractivity contribution in [3.63, 3.8) is 0 Å². The van der Waals surface area contributed by atoms with Crippen LogP contribution in [0.1, 0.15) is 33.1 Å². The summed E-state index contributed by atoms with van der Waals surface area (Å²) in [6.07, 6.45) is 2.99. The molecule has 0 aromatic carbocycles. The van der Waals surface area contributed by atoms with E-state index in [-0.39, 0.29) is 5.91 Å². The highest BCUT2D eigenvalue weighted by Gasteiger charge is 2.28. The summed E-state index contributed by atoms with van der Waals surface area (Å²) >= 11 is 0. The molecule has 0 saturated heterocycles. The van der Waals surface area contributed by atoms with Crippen LogP contribution in [0.15, 0.2) is 0 Å². The van der Waals surface area contributed by atoms with Gasteiger partial charge in [0.1, 0.15) is 0 Å². The lowest BCUT2D eigenvalue weighted by Crippen LogP contribution is -2.34. The molecule has 1 amide bonds. The van der Waals surface area contributed by atoms with Crippen molar-refractivity contribution in [1.29, 1.82) is 0 Å². The Balaban J connectivity index is 2.18. The van der Waals surface area contributed by atoms with Gasteiger partial charge in [-0.2, -0.15) is 0 Å². The molecule has 13 heavy (non-hydrogen) atoms. The summed E-state index contributed by atoms with van der Waals surface area (Å²) in [5.74, 6) is 1.32. The van der Waals surface area contributed by atoms with Crippen LogP contribution >= 0.6 is 0 Å². The molecule has 3 unspecified atom stereocenters. The molecule has 0 aromatic heterocycles. The van der Waals surface area contributed by atoms with Crippen LogP contribution in [-0.2, 0) is 4.79 Å². The zero-order valence-electron chi connectivity index (χ0n) is 8.55. The van der Waals surface area contributed by atoms with Gasteiger partial charge in [0.2, 0.25) is 5.91 Å². The lowest BCUT2D eigenvalue weighted by Gasteiger charge is -2.19. The highest BCUT2D eigenvalue weighted by molar-refractivity contribution is 5.73. The van der Waals surface area contributed by atoms with Gasteiger partial charge in [-0.1, -0.05) is 13.8 Å². The fourth-order valence-corrected chi connectivity index (χ4v) is 2.03. The van der Waals surface area contributed by atoms with Crippen molar-refractivity contribution < 1.29 is 4.79 Å². The van der Waals surface area contributed by atoms with Crippen molar-refractivity contribution in [3.05, 3.63) is 0 Å². The number of carbonyl (C=O) groups is 1. The molecule has 1 aliphatic carbocycles. The maximum Gasteiger partial charge on any atom is 0.218 e. The molecular formula is C10H20N2O. The van der Waals surface area contributed by atoms with E-state index >= 15 is 0 Å². The molecule has 76 valence electrons. The van der Waals surface area contributed by atoms with Crippen LogP contribution in [0.2, 0.25) is 0 Å². The van der Waals surface area contributed by atoms with Crippen LogP contribution in [-0.4, -0.2) is 18.5 Å². The van der Waals surface area contributed by atoms with Gasteiger partial charge >= 0.3 is 0 Å². The molecule has 0 aromatic rings. The van der Waals surface area contributed by atoms with E-state index < -0.39 is 0 Å². The number of carbonyl (C=O) groups excluding carboxylic acids is 1. The van der Waals surface area contributed by atoms with Gasteiger partial charge in [-0.05, 0) is 24.7 Å². The summed E-state index contributed by atoms with van der Waals surface area (Å²) < 4.78 is 0. The Morgan fingerprint density at radius 1 is 1.46 bits per heavy atom. The van der Waals surface area contributed by atoms with E-state index in [1.165, 1.54) is 12.8 Å². The fourth-order valence-electron chi connectivity index (χ4n) is 2.03. The fraction of sp³-hybridized carbons (Fsp3) is 0.900. The number of rotatable bonds is 4. The minimum absolute atomic E-state index is 0.216. The normalized spacial score (nSPS) is 33.5. The molecule has 0 radical (unpaired) electrons. The lowest BCUT2D eigenvalue weighted by atomic mass is 9.98. The van der Waals surface area contributed by atoms with Crippen molar-refractivity contribution >= 4 is 5.91 Å². The molecule has 3 nitrogen and oxygen atoms in total. The molecule has 1 saturated carbocycles. The summed E-state index contributed by atoms with van der Waals surface area (Å²) in [5.41, 5.74) is 5.06. The van der Waals surface area contributed by atoms with Gasteiger partial charge in [-0.15, -0.1) is 0 Å². The Morgan fingerprint density at radius 2 is 2.15 bits per heavy atom. The van der Waals surface area contributed by atoms with Gasteiger partial charge in [0.25, 0.3) is 0 Å². The van der Waals surface area contributed by atoms with E-state index in [1.54, 1.807) is 0 Å². The first kappa shape index (κ1) is 10.5. The molecule has 1 aliphatic rings. The third kappa shape index (κ3) is 2.99. The van der Waals surface area contributed by atoms with E-state index in [0.29, 0.717) is 12.5 Å². The van der Waals surface area contributed by atoms with Gasteiger partial charge in [-0.25, -0.2) is 0 Å². The summed E-state index contributed by atoms with van der Waals surface area (Å²) in [6.45, 7) is 5.30. The van der Waals surface area contributed by atoms with E-state index in [4.69, 9.17) is 5.73 Å².